The highest BCUT2D eigenvalue weighted by atomic mass is 19.1. The zero-order chi connectivity index (χ0) is 14.0. The molecular weight excluding hydrogens is 254 g/mol. The molecule has 0 spiro atoms. The number of halogens is 2. The van der Waals surface area contributed by atoms with Crippen LogP contribution in [-0.4, -0.2) is 22.4 Å². The van der Waals surface area contributed by atoms with Crippen molar-refractivity contribution in [3.63, 3.8) is 0 Å². The summed E-state index contributed by atoms with van der Waals surface area (Å²) < 4.78 is 32.3. The van der Waals surface area contributed by atoms with E-state index in [0.29, 0.717) is 0 Å². The van der Waals surface area contributed by atoms with E-state index < -0.39 is 23.3 Å². The standard InChI is InChI=1S/C13H12F2N2O2/c1-7-3-4-8(14)11(12(7)15)13(18)9-5-6-10(19-2)17-16-9/h3-6,13,18H,1-2H3. The van der Waals surface area contributed by atoms with Gasteiger partial charge in [0.1, 0.15) is 17.7 Å². The van der Waals surface area contributed by atoms with E-state index in [2.05, 4.69) is 10.2 Å². The first kappa shape index (κ1) is 13.4. The number of hydrogen-bond donors (Lipinski definition) is 1. The molecule has 2 rings (SSSR count). The van der Waals surface area contributed by atoms with E-state index in [1.807, 2.05) is 0 Å². The molecule has 0 aliphatic rings. The number of aliphatic hydroxyl groups is 1. The molecule has 0 bridgehead atoms. The summed E-state index contributed by atoms with van der Waals surface area (Å²) in [6.45, 7) is 1.49. The lowest BCUT2D eigenvalue weighted by molar-refractivity contribution is 0.202. The molecule has 1 aromatic heterocycles. The minimum absolute atomic E-state index is 0.0456. The van der Waals surface area contributed by atoms with Gasteiger partial charge in [-0.25, -0.2) is 8.78 Å². The monoisotopic (exact) mass is 266 g/mol. The van der Waals surface area contributed by atoms with E-state index in [1.54, 1.807) is 0 Å². The van der Waals surface area contributed by atoms with Crippen LogP contribution in [-0.2, 0) is 0 Å². The van der Waals surface area contributed by atoms with Crippen molar-refractivity contribution in [1.82, 2.24) is 10.2 Å². The van der Waals surface area contributed by atoms with Gasteiger partial charge in [0.05, 0.1) is 18.4 Å². The van der Waals surface area contributed by atoms with Crippen molar-refractivity contribution >= 4 is 0 Å². The summed E-state index contributed by atoms with van der Waals surface area (Å²) >= 11 is 0. The van der Waals surface area contributed by atoms with Gasteiger partial charge >= 0.3 is 0 Å². The number of aromatic nitrogens is 2. The van der Waals surface area contributed by atoms with Gasteiger partial charge in [0.25, 0.3) is 0 Å². The van der Waals surface area contributed by atoms with Gasteiger partial charge in [0.2, 0.25) is 5.88 Å². The molecule has 0 fully saturated rings. The van der Waals surface area contributed by atoms with Gasteiger partial charge in [-0.2, -0.15) is 0 Å². The minimum atomic E-state index is -1.52. The fourth-order valence-corrected chi connectivity index (χ4v) is 1.66. The number of ether oxygens (including phenoxy) is 1. The molecule has 1 atom stereocenters. The number of benzene rings is 1. The van der Waals surface area contributed by atoms with Crippen molar-refractivity contribution in [2.75, 3.05) is 7.11 Å². The van der Waals surface area contributed by atoms with Crippen LogP contribution in [0.5, 0.6) is 5.88 Å². The van der Waals surface area contributed by atoms with E-state index in [4.69, 9.17) is 4.74 Å². The molecule has 0 amide bonds. The highest BCUT2D eigenvalue weighted by Gasteiger charge is 2.22. The average molecular weight is 266 g/mol. The van der Waals surface area contributed by atoms with Gasteiger partial charge in [-0.3, -0.25) is 0 Å². The molecule has 0 aliphatic carbocycles. The predicted molar refractivity (Wildman–Crippen MR) is 63.7 cm³/mol. The van der Waals surface area contributed by atoms with E-state index >= 15 is 0 Å². The minimum Gasteiger partial charge on any atom is -0.480 e. The number of rotatable bonds is 3. The zero-order valence-electron chi connectivity index (χ0n) is 10.4. The summed E-state index contributed by atoms with van der Waals surface area (Å²) in [7, 11) is 1.42. The summed E-state index contributed by atoms with van der Waals surface area (Å²) in [6.07, 6.45) is -1.52. The van der Waals surface area contributed by atoms with Crippen LogP contribution in [0.3, 0.4) is 0 Å². The molecule has 6 heteroatoms. The largest absolute Gasteiger partial charge is 0.480 e. The Labute approximate surface area is 108 Å². The summed E-state index contributed by atoms with van der Waals surface area (Å²) in [5.74, 6) is -1.36. The smallest absolute Gasteiger partial charge is 0.233 e. The topological polar surface area (TPSA) is 55.2 Å². The number of hydrogen-bond acceptors (Lipinski definition) is 4. The van der Waals surface area contributed by atoms with Crippen LogP contribution in [0.2, 0.25) is 0 Å². The Morgan fingerprint density at radius 2 is 1.89 bits per heavy atom. The van der Waals surface area contributed by atoms with E-state index in [1.165, 1.54) is 32.2 Å². The molecule has 0 aliphatic heterocycles. The first-order valence-electron chi connectivity index (χ1n) is 5.54. The van der Waals surface area contributed by atoms with Crippen molar-refractivity contribution in [3.8, 4) is 5.88 Å². The Morgan fingerprint density at radius 1 is 1.16 bits per heavy atom. The maximum Gasteiger partial charge on any atom is 0.233 e. The van der Waals surface area contributed by atoms with Gasteiger partial charge in [-0.05, 0) is 24.6 Å². The van der Waals surface area contributed by atoms with Gasteiger partial charge in [-0.1, -0.05) is 6.07 Å². The first-order chi connectivity index (χ1) is 9.04. The molecule has 1 unspecified atom stereocenters. The molecule has 2 aromatic rings. The predicted octanol–water partition coefficient (Wildman–Crippen LogP) is 2.15. The molecule has 1 heterocycles. The Bertz CT molecular complexity index is 588. The van der Waals surface area contributed by atoms with Crippen molar-refractivity contribution < 1.29 is 18.6 Å². The third-order valence-corrected chi connectivity index (χ3v) is 2.74. The second-order valence-electron chi connectivity index (χ2n) is 4.00. The zero-order valence-corrected chi connectivity index (χ0v) is 10.4. The summed E-state index contributed by atoms with van der Waals surface area (Å²) in [5.41, 5.74) is -0.138. The Hall–Kier alpha value is -2.08. The summed E-state index contributed by atoms with van der Waals surface area (Å²) in [5, 5.41) is 17.3. The van der Waals surface area contributed by atoms with Crippen molar-refractivity contribution in [2.24, 2.45) is 0 Å². The van der Waals surface area contributed by atoms with Crippen molar-refractivity contribution in [3.05, 3.63) is 52.7 Å². The number of methoxy groups -OCH3 is 1. The van der Waals surface area contributed by atoms with E-state index in [-0.39, 0.29) is 17.1 Å². The Kier molecular flexibility index (Phi) is 3.71. The second-order valence-corrected chi connectivity index (χ2v) is 4.00. The lowest BCUT2D eigenvalue weighted by atomic mass is 10.0. The highest BCUT2D eigenvalue weighted by Crippen LogP contribution is 2.27. The Morgan fingerprint density at radius 3 is 2.47 bits per heavy atom. The van der Waals surface area contributed by atoms with Crippen molar-refractivity contribution in [2.45, 2.75) is 13.0 Å². The number of aryl methyl sites for hydroxylation is 1. The molecule has 19 heavy (non-hydrogen) atoms. The molecule has 100 valence electrons. The summed E-state index contributed by atoms with van der Waals surface area (Å²) in [6, 6.07) is 5.27. The second kappa shape index (κ2) is 5.27. The first-order valence-corrected chi connectivity index (χ1v) is 5.54. The fourth-order valence-electron chi connectivity index (χ4n) is 1.66. The number of aliphatic hydroxyl groups excluding tert-OH is 1. The van der Waals surface area contributed by atoms with Gasteiger partial charge in [-0.15, -0.1) is 10.2 Å². The molecule has 4 nitrogen and oxygen atoms in total. The summed E-state index contributed by atoms with van der Waals surface area (Å²) in [4.78, 5) is 0. The van der Waals surface area contributed by atoms with E-state index in [9.17, 15) is 13.9 Å². The maximum absolute atomic E-state index is 13.9. The lowest BCUT2D eigenvalue weighted by Gasteiger charge is -2.13. The van der Waals surface area contributed by atoms with Crippen LogP contribution in [0.15, 0.2) is 24.3 Å². The molecular formula is C13H12F2N2O2. The third kappa shape index (κ3) is 2.53. The molecule has 1 N–H and O–H groups in total. The number of nitrogens with zero attached hydrogens (tertiary/aromatic N) is 2. The molecule has 0 saturated heterocycles. The van der Waals surface area contributed by atoms with Crippen LogP contribution in [0.1, 0.15) is 22.9 Å². The SMILES string of the molecule is COc1ccc(C(O)c2c(F)ccc(C)c2F)nn1. The van der Waals surface area contributed by atoms with E-state index in [0.717, 1.165) is 6.07 Å². The molecule has 0 radical (unpaired) electrons. The molecule has 0 saturated carbocycles. The quantitative estimate of drug-likeness (QED) is 0.924. The average Bonchev–Trinajstić information content (AvgIpc) is 2.43. The third-order valence-electron chi connectivity index (χ3n) is 2.74. The lowest BCUT2D eigenvalue weighted by Crippen LogP contribution is -2.09. The maximum atomic E-state index is 13.9. The highest BCUT2D eigenvalue weighted by molar-refractivity contribution is 5.32. The van der Waals surface area contributed by atoms with Crippen molar-refractivity contribution in [1.29, 1.82) is 0 Å². The van der Waals surface area contributed by atoms with Crippen LogP contribution in [0.25, 0.3) is 0 Å². The fraction of sp³-hybridized carbons (Fsp3) is 0.231. The van der Waals surface area contributed by atoms with Gasteiger partial charge < -0.3 is 9.84 Å². The van der Waals surface area contributed by atoms with Crippen LogP contribution in [0, 0.1) is 18.6 Å². The van der Waals surface area contributed by atoms with Crippen LogP contribution < -0.4 is 4.74 Å². The molecule has 1 aromatic carbocycles. The Balaban J connectivity index is 2.43. The van der Waals surface area contributed by atoms with Gasteiger partial charge in [0, 0.05) is 6.07 Å². The van der Waals surface area contributed by atoms with Gasteiger partial charge in [0.15, 0.2) is 0 Å². The normalized spacial score (nSPS) is 12.3. The van der Waals surface area contributed by atoms with Crippen LogP contribution >= 0.6 is 0 Å². The van der Waals surface area contributed by atoms with Crippen LogP contribution in [0.4, 0.5) is 8.78 Å².